The van der Waals surface area contributed by atoms with Gasteiger partial charge in [0.1, 0.15) is 11.4 Å². The Balaban J connectivity index is 1.40. The summed E-state index contributed by atoms with van der Waals surface area (Å²) in [6, 6.07) is 10.1. The van der Waals surface area contributed by atoms with E-state index in [9.17, 15) is 10.2 Å². The Bertz CT molecular complexity index is 1080. The summed E-state index contributed by atoms with van der Waals surface area (Å²) in [6.45, 7) is 4.66. The Labute approximate surface area is 169 Å². The number of pyridine rings is 1. The molecular weight excluding hydrogens is 366 g/mol. The van der Waals surface area contributed by atoms with Crippen molar-refractivity contribution in [3.05, 3.63) is 65.1 Å². The Kier molecular flexibility index (Phi) is 4.62. The molecule has 150 valence electrons. The predicted octanol–water partition coefficient (Wildman–Crippen LogP) is 2.85. The number of imidazole rings is 1. The summed E-state index contributed by atoms with van der Waals surface area (Å²) in [4.78, 5) is 6.97. The average Bonchev–Trinajstić information content (AvgIpc) is 3.12. The summed E-state index contributed by atoms with van der Waals surface area (Å²) < 4.78 is 7.81. The molecule has 1 aromatic carbocycles. The van der Waals surface area contributed by atoms with Gasteiger partial charge in [0.25, 0.3) is 0 Å². The summed E-state index contributed by atoms with van der Waals surface area (Å²) in [5.41, 5.74) is 5.45. The first-order chi connectivity index (χ1) is 14.0. The summed E-state index contributed by atoms with van der Waals surface area (Å²) in [6.07, 6.45) is 6.33. The number of aryl methyl sites for hydroxylation is 1. The van der Waals surface area contributed by atoms with E-state index >= 15 is 0 Å². The fourth-order valence-corrected chi connectivity index (χ4v) is 4.10. The van der Waals surface area contributed by atoms with Crippen LogP contribution in [0.25, 0.3) is 17.3 Å². The number of aliphatic hydroxyl groups is 2. The van der Waals surface area contributed by atoms with Crippen LogP contribution in [0, 0.1) is 6.92 Å². The third kappa shape index (κ3) is 3.67. The number of ether oxygens (including phenoxy) is 1. The van der Waals surface area contributed by atoms with Gasteiger partial charge in [-0.1, -0.05) is 18.2 Å². The highest BCUT2D eigenvalue weighted by Gasteiger charge is 2.24. The highest BCUT2D eigenvalue weighted by atomic mass is 16.6. The van der Waals surface area contributed by atoms with Crippen molar-refractivity contribution < 1.29 is 14.9 Å². The number of fused-ring (bicyclic) bond motifs is 2. The average molecular weight is 391 g/mol. The summed E-state index contributed by atoms with van der Waals surface area (Å²) in [5, 5.41) is 20.3. The van der Waals surface area contributed by atoms with Gasteiger partial charge < -0.3 is 19.4 Å². The lowest BCUT2D eigenvalue weighted by molar-refractivity contribution is 0.0316. The molecule has 2 N–H and O–H groups in total. The lowest BCUT2D eigenvalue weighted by Gasteiger charge is -2.30. The number of nitrogens with zero attached hydrogens (tertiary/aromatic N) is 3. The maximum absolute atomic E-state index is 10.6. The van der Waals surface area contributed by atoms with Crippen molar-refractivity contribution in [1.82, 2.24) is 14.3 Å². The number of likely N-dealkylation sites (tertiary alicyclic amines) is 1. The number of benzene rings is 1. The minimum absolute atomic E-state index is 0.166. The molecular formula is C23H25N3O3. The molecule has 4 heterocycles. The van der Waals surface area contributed by atoms with Crippen LogP contribution in [0.1, 0.15) is 35.2 Å². The highest BCUT2D eigenvalue weighted by Crippen LogP contribution is 2.34. The topological polar surface area (TPSA) is 70.2 Å². The number of aliphatic hydroxyl groups excluding tert-OH is 2. The number of piperidine rings is 1. The second kappa shape index (κ2) is 7.30. The molecule has 6 nitrogen and oxygen atoms in total. The lowest BCUT2D eigenvalue weighted by atomic mass is 10.0. The van der Waals surface area contributed by atoms with Gasteiger partial charge in [-0.05, 0) is 49.1 Å². The molecule has 2 aliphatic heterocycles. The summed E-state index contributed by atoms with van der Waals surface area (Å²) >= 11 is 0. The molecule has 6 heteroatoms. The third-order valence-corrected chi connectivity index (χ3v) is 5.75. The molecule has 2 aliphatic rings. The van der Waals surface area contributed by atoms with Gasteiger partial charge >= 0.3 is 0 Å². The van der Waals surface area contributed by atoms with Crippen LogP contribution in [-0.2, 0) is 6.54 Å². The number of rotatable bonds is 3. The molecule has 0 radical (unpaired) electrons. The zero-order valence-corrected chi connectivity index (χ0v) is 16.5. The van der Waals surface area contributed by atoms with E-state index in [0.717, 1.165) is 54.8 Å². The van der Waals surface area contributed by atoms with Gasteiger partial charge in [-0.25, -0.2) is 4.98 Å². The molecule has 0 amide bonds. The standard InChI is InChI=1S/C23H25N3O3/c1-15-2-5-22-24-20(14-26(22)12-15)19-11-17-4-3-16(10-21(17)29-23(19)28)13-25-8-6-18(27)7-9-25/h2-5,10-12,14,18,23,27-28H,6-9,13H2,1H3. The van der Waals surface area contributed by atoms with E-state index in [1.807, 2.05) is 54.1 Å². The molecule has 1 atom stereocenters. The fraction of sp³-hybridized carbons (Fsp3) is 0.348. The SMILES string of the molecule is Cc1ccc2nc(C3=Cc4ccc(CN5CCC(O)CC5)cc4OC3O)cn2c1. The number of aromatic nitrogens is 2. The van der Waals surface area contributed by atoms with Gasteiger partial charge in [-0.2, -0.15) is 0 Å². The maximum Gasteiger partial charge on any atom is 0.226 e. The van der Waals surface area contributed by atoms with Crippen LogP contribution in [-0.4, -0.2) is 50.0 Å². The third-order valence-electron chi connectivity index (χ3n) is 5.75. The van der Waals surface area contributed by atoms with E-state index < -0.39 is 6.29 Å². The van der Waals surface area contributed by atoms with Crippen molar-refractivity contribution >= 4 is 17.3 Å². The van der Waals surface area contributed by atoms with Crippen LogP contribution in [0.4, 0.5) is 0 Å². The summed E-state index contributed by atoms with van der Waals surface area (Å²) in [5.74, 6) is 0.690. The predicted molar refractivity (Wildman–Crippen MR) is 111 cm³/mol. The number of hydrogen-bond donors (Lipinski definition) is 2. The first-order valence-electron chi connectivity index (χ1n) is 10.1. The van der Waals surface area contributed by atoms with E-state index in [1.165, 1.54) is 0 Å². The Morgan fingerprint density at radius 1 is 1.10 bits per heavy atom. The molecule has 1 fully saturated rings. The summed E-state index contributed by atoms with van der Waals surface area (Å²) in [7, 11) is 0. The molecule has 0 saturated carbocycles. The van der Waals surface area contributed by atoms with Gasteiger partial charge in [0, 0.05) is 43.2 Å². The van der Waals surface area contributed by atoms with Crippen LogP contribution in [0.5, 0.6) is 5.75 Å². The Morgan fingerprint density at radius 3 is 2.76 bits per heavy atom. The Morgan fingerprint density at radius 2 is 1.93 bits per heavy atom. The molecule has 29 heavy (non-hydrogen) atoms. The van der Waals surface area contributed by atoms with Crippen LogP contribution in [0.3, 0.4) is 0 Å². The second-order valence-electron chi connectivity index (χ2n) is 8.05. The molecule has 0 bridgehead atoms. The lowest BCUT2D eigenvalue weighted by Crippen LogP contribution is -2.35. The maximum atomic E-state index is 10.6. The highest BCUT2D eigenvalue weighted by molar-refractivity contribution is 5.85. The van der Waals surface area contributed by atoms with Crippen molar-refractivity contribution in [3.8, 4) is 5.75 Å². The molecule has 2 aromatic heterocycles. The van der Waals surface area contributed by atoms with E-state index in [1.54, 1.807) is 0 Å². The zero-order chi connectivity index (χ0) is 20.0. The normalized spacial score (nSPS) is 20.4. The first-order valence-corrected chi connectivity index (χ1v) is 10.1. The van der Waals surface area contributed by atoms with Crippen molar-refractivity contribution in [1.29, 1.82) is 0 Å². The monoisotopic (exact) mass is 391 g/mol. The van der Waals surface area contributed by atoms with E-state index in [2.05, 4.69) is 16.0 Å². The van der Waals surface area contributed by atoms with Crippen LogP contribution in [0.2, 0.25) is 0 Å². The van der Waals surface area contributed by atoms with Crippen LogP contribution < -0.4 is 4.74 Å². The molecule has 5 rings (SSSR count). The van der Waals surface area contributed by atoms with E-state index in [0.29, 0.717) is 17.0 Å². The second-order valence-corrected chi connectivity index (χ2v) is 8.05. The smallest absolute Gasteiger partial charge is 0.226 e. The zero-order valence-electron chi connectivity index (χ0n) is 16.5. The molecule has 0 aliphatic carbocycles. The molecule has 0 spiro atoms. The molecule has 3 aromatic rings. The van der Waals surface area contributed by atoms with Gasteiger partial charge in [0.15, 0.2) is 0 Å². The largest absolute Gasteiger partial charge is 0.460 e. The fourth-order valence-electron chi connectivity index (χ4n) is 4.10. The van der Waals surface area contributed by atoms with Gasteiger partial charge in [0.05, 0.1) is 11.8 Å². The first kappa shape index (κ1) is 18.4. The van der Waals surface area contributed by atoms with Crippen LogP contribution in [0.15, 0.2) is 42.7 Å². The van der Waals surface area contributed by atoms with Gasteiger partial charge in [0.2, 0.25) is 6.29 Å². The van der Waals surface area contributed by atoms with Crippen molar-refractivity contribution in [2.45, 2.75) is 38.7 Å². The minimum Gasteiger partial charge on any atom is -0.460 e. The molecule has 1 unspecified atom stereocenters. The Hall–Kier alpha value is -2.67. The van der Waals surface area contributed by atoms with Gasteiger partial charge in [-0.3, -0.25) is 4.90 Å². The molecule has 1 saturated heterocycles. The quantitative estimate of drug-likeness (QED) is 0.719. The van der Waals surface area contributed by atoms with E-state index in [4.69, 9.17) is 4.74 Å². The number of hydrogen-bond acceptors (Lipinski definition) is 5. The van der Waals surface area contributed by atoms with Gasteiger partial charge in [-0.15, -0.1) is 0 Å². The van der Waals surface area contributed by atoms with Crippen LogP contribution >= 0.6 is 0 Å². The van der Waals surface area contributed by atoms with Crippen molar-refractivity contribution in [3.63, 3.8) is 0 Å². The van der Waals surface area contributed by atoms with E-state index in [-0.39, 0.29) is 6.10 Å². The minimum atomic E-state index is -1.05. The van der Waals surface area contributed by atoms with Crippen molar-refractivity contribution in [2.75, 3.05) is 13.1 Å². The van der Waals surface area contributed by atoms with Crippen molar-refractivity contribution in [2.24, 2.45) is 0 Å².